The van der Waals surface area contributed by atoms with Crippen molar-refractivity contribution in [2.24, 2.45) is 0 Å². The van der Waals surface area contributed by atoms with Gasteiger partial charge in [-0.1, -0.05) is 117 Å². The highest BCUT2D eigenvalue weighted by molar-refractivity contribution is 6.35. The van der Waals surface area contributed by atoms with Crippen LogP contribution in [-0.4, -0.2) is 26.9 Å². The summed E-state index contributed by atoms with van der Waals surface area (Å²) in [5, 5.41) is 11.4. The lowest BCUT2D eigenvalue weighted by molar-refractivity contribution is 0.283. The molecule has 0 rings (SSSR count). The maximum atomic E-state index is 8.29. The van der Waals surface area contributed by atoms with Crippen LogP contribution in [0.4, 0.5) is 0 Å². The molecule has 0 aromatic heterocycles. The second-order valence-corrected chi connectivity index (χ2v) is 8.92. The minimum atomic E-state index is 0.361. The van der Waals surface area contributed by atoms with Crippen LogP contribution in [0.5, 0.6) is 0 Å². The molecule has 0 aliphatic carbocycles. The molecule has 0 aliphatic rings. The van der Waals surface area contributed by atoms with Gasteiger partial charge in [-0.25, -0.2) is 0 Å². The summed E-state index contributed by atoms with van der Waals surface area (Å²) in [7, 11) is 0. The highest BCUT2D eigenvalue weighted by Crippen LogP contribution is 2.10. The molecule has 1 nitrogen and oxygen atoms in total. The number of unbranched alkanes of at least 4 members (excludes halogenated alkanes) is 13. The zero-order valence-corrected chi connectivity index (χ0v) is 18.6. The Labute approximate surface area is 161 Å². The normalized spacial score (nSPS) is 10.3. The molecule has 24 heavy (non-hydrogen) atoms. The summed E-state index contributed by atoms with van der Waals surface area (Å²) in [6.07, 6.45) is 22.3. The van der Waals surface area contributed by atoms with Crippen molar-refractivity contribution in [3.63, 3.8) is 0 Å². The summed E-state index contributed by atoms with van der Waals surface area (Å²) in [5.41, 5.74) is 0. The third-order valence-electron chi connectivity index (χ3n) is 4.54. The Bertz CT molecular complexity index is 167. The second kappa shape index (κ2) is 28.3. The van der Waals surface area contributed by atoms with Gasteiger partial charge in [0, 0.05) is 6.61 Å². The zero-order valence-electron chi connectivity index (χ0n) is 17.5. The van der Waals surface area contributed by atoms with Crippen molar-refractivity contribution in [1.82, 2.24) is 0 Å². The number of aliphatic hydroxyl groups is 1. The third-order valence-corrected chi connectivity index (χ3v) is 6.17. The van der Waals surface area contributed by atoms with Crippen molar-refractivity contribution in [3.8, 4) is 0 Å². The maximum Gasteiger partial charge on any atom is 0.199 e. The van der Waals surface area contributed by atoms with E-state index >= 15 is 0 Å². The Hall–Kier alpha value is 0.492. The highest BCUT2D eigenvalue weighted by Gasteiger charge is 1.95. The second-order valence-electron chi connectivity index (χ2n) is 7.19. The number of hydrogen-bond donors (Lipinski definition) is 1. The van der Waals surface area contributed by atoms with Gasteiger partial charge in [-0.3, -0.25) is 0 Å². The van der Waals surface area contributed by atoms with Gasteiger partial charge in [0.1, 0.15) is 0 Å². The van der Waals surface area contributed by atoms with Crippen molar-refractivity contribution in [1.29, 1.82) is 0 Å². The zero-order chi connectivity index (χ0) is 18.1. The molecule has 0 aliphatic heterocycles. The molecular formula is C22H48AlO. The topological polar surface area (TPSA) is 20.2 Å². The molecule has 0 aromatic rings. The summed E-state index contributed by atoms with van der Waals surface area (Å²) in [4.78, 5) is 0. The highest BCUT2D eigenvalue weighted by atomic mass is 27.1. The largest absolute Gasteiger partial charge is 0.396 e. The summed E-state index contributed by atoms with van der Waals surface area (Å²) >= 11 is 0.794. The molecule has 0 saturated heterocycles. The first-order valence-electron chi connectivity index (χ1n) is 11.3. The first-order chi connectivity index (χ1) is 11.8. The van der Waals surface area contributed by atoms with Crippen molar-refractivity contribution in [3.05, 3.63) is 0 Å². The fourth-order valence-electron chi connectivity index (χ4n) is 2.82. The van der Waals surface area contributed by atoms with Gasteiger partial charge >= 0.3 is 0 Å². The quantitative estimate of drug-likeness (QED) is 0.196. The molecule has 0 unspecified atom stereocenters. The van der Waals surface area contributed by atoms with Crippen LogP contribution in [-0.2, 0) is 0 Å². The van der Waals surface area contributed by atoms with Gasteiger partial charge in [0.2, 0.25) is 0 Å². The average Bonchev–Trinajstić information content (AvgIpc) is 2.60. The first-order valence-corrected chi connectivity index (χ1v) is 12.9. The Morgan fingerprint density at radius 1 is 0.458 bits per heavy atom. The van der Waals surface area contributed by atoms with E-state index in [0.29, 0.717) is 6.61 Å². The summed E-state index contributed by atoms with van der Waals surface area (Å²) < 4.78 is 0. The number of hydrogen-bond acceptors (Lipinski definition) is 1. The molecule has 0 heterocycles. The van der Waals surface area contributed by atoms with Crippen LogP contribution in [0.1, 0.15) is 124 Å². The molecule has 0 aromatic carbocycles. The van der Waals surface area contributed by atoms with E-state index in [9.17, 15) is 0 Å². The van der Waals surface area contributed by atoms with Crippen LogP contribution in [0.25, 0.3) is 0 Å². The third kappa shape index (κ3) is 30.4. The van der Waals surface area contributed by atoms with E-state index in [-0.39, 0.29) is 0 Å². The van der Waals surface area contributed by atoms with E-state index in [4.69, 9.17) is 5.11 Å². The smallest absolute Gasteiger partial charge is 0.199 e. The molecule has 2 heteroatoms. The fourth-order valence-corrected chi connectivity index (χ4v) is 4.26. The van der Waals surface area contributed by atoms with Crippen LogP contribution in [0, 0.1) is 0 Å². The summed E-state index contributed by atoms with van der Waals surface area (Å²) in [6, 6.07) is 0. The van der Waals surface area contributed by atoms with Crippen LogP contribution < -0.4 is 0 Å². The van der Waals surface area contributed by atoms with E-state index < -0.39 is 0 Å². The van der Waals surface area contributed by atoms with Crippen LogP contribution in [0.2, 0.25) is 10.6 Å². The lowest BCUT2D eigenvalue weighted by Crippen LogP contribution is -1.90. The first kappa shape index (κ1) is 26.7. The summed E-state index contributed by atoms with van der Waals surface area (Å²) in [6.45, 7) is 7.12. The van der Waals surface area contributed by atoms with Gasteiger partial charge in [0.25, 0.3) is 0 Å². The predicted octanol–water partition coefficient (Wildman–Crippen LogP) is 7.81. The fraction of sp³-hybridized carbons (Fsp3) is 1.00. The predicted molar refractivity (Wildman–Crippen MR) is 113 cm³/mol. The molecule has 0 saturated carbocycles. The van der Waals surface area contributed by atoms with Gasteiger partial charge in [0.15, 0.2) is 15.2 Å². The van der Waals surface area contributed by atoms with Gasteiger partial charge in [0.05, 0.1) is 0 Å². The van der Waals surface area contributed by atoms with E-state index in [1.54, 1.807) is 10.6 Å². The number of aliphatic hydroxyl groups excluding tert-OH is 1. The van der Waals surface area contributed by atoms with Gasteiger partial charge in [-0.05, 0) is 6.42 Å². The van der Waals surface area contributed by atoms with Crippen molar-refractivity contribution in [2.75, 3.05) is 6.61 Å². The Morgan fingerprint density at radius 3 is 1.17 bits per heavy atom. The molecule has 0 fully saturated rings. The Balaban J connectivity index is 0. The van der Waals surface area contributed by atoms with Gasteiger partial charge in [-0.15, -0.1) is 10.6 Å². The van der Waals surface area contributed by atoms with E-state index in [0.717, 1.165) is 21.6 Å². The van der Waals surface area contributed by atoms with Crippen LogP contribution in [0.3, 0.4) is 0 Å². The molecule has 0 amide bonds. The minimum absolute atomic E-state index is 0.361. The van der Waals surface area contributed by atoms with E-state index in [1.807, 2.05) is 0 Å². The van der Waals surface area contributed by atoms with Crippen molar-refractivity contribution < 1.29 is 5.11 Å². The molecular weight excluding hydrogens is 307 g/mol. The van der Waals surface area contributed by atoms with Gasteiger partial charge in [-0.2, -0.15) is 0 Å². The monoisotopic (exact) mass is 355 g/mol. The SMILES string of the molecule is CCCCCCC[CH2][Al][CH2]CCCCCCC.CCCCCCO. The lowest BCUT2D eigenvalue weighted by atomic mass is 10.1. The molecule has 0 spiro atoms. The Morgan fingerprint density at radius 2 is 0.792 bits per heavy atom. The molecule has 1 N–H and O–H groups in total. The van der Waals surface area contributed by atoms with E-state index in [1.165, 1.54) is 96.3 Å². The van der Waals surface area contributed by atoms with Gasteiger partial charge < -0.3 is 5.11 Å². The molecule has 0 bridgehead atoms. The minimum Gasteiger partial charge on any atom is -0.396 e. The summed E-state index contributed by atoms with van der Waals surface area (Å²) in [5.74, 6) is 0. The average molecular weight is 356 g/mol. The molecule has 1 radical (unpaired) electrons. The number of rotatable bonds is 18. The van der Waals surface area contributed by atoms with Crippen LogP contribution in [0.15, 0.2) is 0 Å². The standard InChI is InChI=1S/2C8H17.C6H14O.Al/c2*1-3-5-7-8-6-4-2;1-2-3-4-5-6-7;/h2*1,3-8H2,2H3;7H,2-6H2,1H3;. The van der Waals surface area contributed by atoms with Crippen molar-refractivity contribution >= 4 is 15.2 Å². The van der Waals surface area contributed by atoms with Crippen molar-refractivity contribution in [2.45, 2.75) is 134 Å². The Kier molecular flexibility index (Phi) is 31.5. The lowest BCUT2D eigenvalue weighted by Gasteiger charge is -2.01. The van der Waals surface area contributed by atoms with E-state index in [2.05, 4.69) is 20.8 Å². The molecule has 145 valence electrons. The maximum absolute atomic E-state index is 8.29. The molecule has 0 atom stereocenters. The van der Waals surface area contributed by atoms with Crippen LogP contribution >= 0.6 is 0 Å².